The number of morpholine rings is 1. The Hall–Kier alpha value is -2.95. The van der Waals surface area contributed by atoms with Gasteiger partial charge >= 0.3 is 0 Å². The molecule has 0 N–H and O–H groups in total. The van der Waals surface area contributed by atoms with E-state index in [0.29, 0.717) is 87.3 Å². The smallest absolute Gasteiger partial charge is 0.254 e. The molecule has 2 heterocycles. The largest absolute Gasteiger partial charge is 0.493 e. The van der Waals surface area contributed by atoms with Crippen molar-refractivity contribution in [2.45, 2.75) is 12.6 Å². The molecule has 2 aromatic rings. The van der Waals surface area contributed by atoms with Gasteiger partial charge < -0.3 is 23.8 Å². The average Bonchev–Trinajstić information content (AvgIpc) is 2.90. The average molecular weight is 506 g/mol. The molecule has 1 atom stereocenters. The van der Waals surface area contributed by atoms with Gasteiger partial charge in [0, 0.05) is 63.5 Å². The fourth-order valence-corrected chi connectivity index (χ4v) is 4.75. The van der Waals surface area contributed by atoms with E-state index in [1.165, 1.54) is 27.4 Å². The summed E-state index contributed by atoms with van der Waals surface area (Å²) in [6.45, 7) is 5.52. The number of hydrogen-bond donors (Lipinski definition) is 0. The van der Waals surface area contributed by atoms with Crippen LogP contribution in [0.3, 0.4) is 0 Å². The molecule has 0 saturated carbocycles. The Labute approximate surface area is 210 Å². The van der Waals surface area contributed by atoms with Gasteiger partial charge in [0.2, 0.25) is 5.75 Å². The molecule has 2 aliphatic rings. The van der Waals surface area contributed by atoms with E-state index in [2.05, 4.69) is 9.80 Å². The molecule has 1 amide bonds. The van der Waals surface area contributed by atoms with Crippen molar-refractivity contribution in [2.24, 2.45) is 0 Å². The first-order valence-corrected chi connectivity index (χ1v) is 12.0. The molecule has 2 aliphatic heterocycles. The van der Waals surface area contributed by atoms with Gasteiger partial charge in [-0.05, 0) is 18.2 Å². The molecule has 4 rings (SSSR count). The lowest BCUT2D eigenvalue weighted by atomic mass is 10.1. The molecule has 0 radical (unpaired) electrons. The zero-order valence-corrected chi connectivity index (χ0v) is 21.0. The van der Waals surface area contributed by atoms with Gasteiger partial charge in [-0.1, -0.05) is 12.1 Å². The van der Waals surface area contributed by atoms with E-state index in [9.17, 15) is 13.6 Å². The Kier molecular flexibility index (Phi) is 8.60. The van der Waals surface area contributed by atoms with Crippen LogP contribution in [0.2, 0.25) is 0 Å². The van der Waals surface area contributed by atoms with E-state index in [-0.39, 0.29) is 12.0 Å². The predicted octanol–water partition coefficient (Wildman–Crippen LogP) is 2.65. The highest BCUT2D eigenvalue weighted by Crippen LogP contribution is 2.38. The molecule has 2 fully saturated rings. The monoisotopic (exact) mass is 505 g/mol. The number of amides is 1. The normalized spacial score (nSPS) is 19.2. The molecule has 0 spiro atoms. The molecule has 10 heteroatoms. The van der Waals surface area contributed by atoms with Crippen LogP contribution in [0.5, 0.6) is 17.2 Å². The fraction of sp³-hybridized carbons (Fsp3) is 0.500. The molecule has 0 aromatic heterocycles. The summed E-state index contributed by atoms with van der Waals surface area (Å²) in [6, 6.07) is 7.62. The molecule has 0 aliphatic carbocycles. The minimum absolute atomic E-state index is 0.0345. The maximum Gasteiger partial charge on any atom is 0.254 e. The van der Waals surface area contributed by atoms with Gasteiger partial charge in [0.1, 0.15) is 0 Å². The third-order valence-electron chi connectivity index (χ3n) is 6.68. The number of halogens is 2. The van der Waals surface area contributed by atoms with Crippen LogP contribution >= 0.6 is 0 Å². The van der Waals surface area contributed by atoms with Crippen molar-refractivity contribution in [3.8, 4) is 17.2 Å². The number of methoxy groups -OCH3 is 3. The zero-order valence-electron chi connectivity index (χ0n) is 21.0. The van der Waals surface area contributed by atoms with Crippen molar-refractivity contribution in [3.63, 3.8) is 0 Å². The summed E-state index contributed by atoms with van der Waals surface area (Å²) in [5.41, 5.74) is 0.836. The zero-order chi connectivity index (χ0) is 25.7. The highest BCUT2D eigenvalue weighted by molar-refractivity contribution is 5.95. The second-order valence-corrected chi connectivity index (χ2v) is 8.95. The summed E-state index contributed by atoms with van der Waals surface area (Å²) in [7, 11) is 4.57. The number of rotatable bonds is 8. The van der Waals surface area contributed by atoms with Crippen molar-refractivity contribution in [3.05, 3.63) is 53.1 Å². The van der Waals surface area contributed by atoms with Crippen LogP contribution in [0.15, 0.2) is 30.3 Å². The third-order valence-corrected chi connectivity index (χ3v) is 6.68. The predicted molar refractivity (Wildman–Crippen MR) is 130 cm³/mol. The van der Waals surface area contributed by atoms with Crippen LogP contribution in [0.25, 0.3) is 0 Å². The van der Waals surface area contributed by atoms with E-state index < -0.39 is 11.6 Å². The quantitative estimate of drug-likeness (QED) is 0.547. The number of hydrogen-bond acceptors (Lipinski definition) is 7. The van der Waals surface area contributed by atoms with Gasteiger partial charge in [-0.3, -0.25) is 14.6 Å². The number of piperazine rings is 1. The fourth-order valence-electron chi connectivity index (χ4n) is 4.75. The molecule has 2 aromatic carbocycles. The van der Waals surface area contributed by atoms with Crippen LogP contribution in [-0.2, 0) is 11.3 Å². The van der Waals surface area contributed by atoms with Crippen LogP contribution in [-0.4, -0.2) is 100 Å². The summed E-state index contributed by atoms with van der Waals surface area (Å²) in [4.78, 5) is 19.4. The first-order valence-electron chi connectivity index (χ1n) is 12.0. The standard InChI is InChI=1S/C26H33F2N3O5/c1-33-22-13-19(14-23(34-2)25(22)35-3)26(32)31-9-7-29(8-10-31)16-20-17-30(11-12-36-20)15-18-5-4-6-21(27)24(18)28/h4-6,13-14,20H,7-12,15-17H2,1-3H3/t20-/m1/s1. The summed E-state index contributed by atoms with van der Waals surface area (Å²) >= 11 is 0. The van der Waals surface area contributed by atoms with Gasteiger partial charge in [0.05, 0.1) is 34.0 Å². The maximum absolute atomic E-state index is 14.1. The van der Waals surface area contributed by atoms with E-state index in [4.69, 9.17) is 18.9 Å². The summed E-state index contributed by atoms with van der Waals surface area (Å²) in [5.74, 6) is -0.370. The lowest BCUT2D eigenvalue weighted by Crippen LogP contribution is -2.53. The number of carbonyl (C=O) groups is 1. The summed E-state index contributed by atoms with van der Waals surface area (Å²) < 4.78 is 49.7. The second-order valence-electron chi connectivity index (χ2n) is 8.95. The van der Waals surface area contributed by atoms with Crippen molar-refractivity contribution in [1.82, 2.24) is 14.7 Å². The lowest BCUT2D eigenvalue weighted by molar-refractivity contribution is -0.0499. The highest BCUT2D eigenvalue weighted by atomic mass is 19.2. The molecule has 0 unspecified atom stereocenters. The third kappa shape index (κ3) is 5.88. The first kappa shape index (κ1) is 26.1. The van der Waals surface area contributed by atoms with Crippen LogP contribution in [0.1, 0.15) is 15.9 Å². The van der Waals surface area contributed by atoms with Gasteiger partial charge in [-0.2, -0.15) is 0 Å². The number of nitrogens with zero attached hydrogens (tertiary/aromatic N) is 3. The molecule has 0 bridgehead atoms. The SMILES string of the molecule is COc1cc(C(=O)N2CCN(C[C@@H]3CN(Cc4cccc(F)c4F)CCO3)CC2)cc(OC)c1OC. The Balaban J connectivity index is 1.30. The van der Waals surface area contributed by atoms with Crippen molar-refractivity contribution in [1.29, 1.82) is 0 Å². The minimum atomic E-state index is -0.823. The number of benzene rings is 2. The van der Waals surface area contributed by atoms with Gasteiger partial charge in [-0.25, -0.2) is 8.78 Å². The Bertz CT molecular complexity index is 1040. The van der Waals surface area contributed by atoms with E-state index in [0.717, 1.165) is 6.07 Å². The molecule has 196 valence electrons. The van der Waals surface area contributed by atoms with Gasteiger partial charge in [0.15, 0.2) is 23.1 Å². The maximum atomic E-state index is 14.1. The van der Waals surface area contributed by atoms with Gasteiger partial charge in [-0.15, -0.1) is 0 Å². The van der Waals surface area contributed by atoms with E-state index in [1.54, 1.807) is 18.2 Å². The van der Waals surface area contributed by atoms with Crippen molar-refractivity contribution < 1.29 is 32.5 Å². The Morgan fingerprint density at radius 3 is 2.31 bits per heavy atom. The molecule has 2 saturated heterocycles. The second kappa shape index (κ2) is 11.9. The van der Waals surface area contributed by atoms with Crippen LogP contribution in [0, 0.1) is 11.6 Å². The first-order chi connectivity index (χ1) is 17.4. The Morgan fingerprint density at radius 1 is 0.972 bits per heavy atom. The topological polar surface area (TPSA) is 63.7 Å². The Morgan fingerprint density at radius 2 is 1.67 bits per heavy atom. The summed E-state index contributed by atoms with van der Waals surface area (Å²) in [5, 5.41) is 0. The molecule has 8 nitrogen and oxygen atoms in total. The number of carbonyl (C=O) groups excluding carboxylic acids is 1. The van der Waals surface area contributed by atoms with Crippen LogP contribution < -0.4 is 14.2 Å². The number of ether oxygens (including phenoxy) is 4. The lowest BCUT2D eigenvalue weighted by Gasteiger charge is -2.39. The van der Waals surface area contributed by atoms with Gasteiger partial charge in [0.25, 0.3) is 5.91 Å². The van der Waals surface area contributed by atoms with Crippen LogP contribution in [0.4, 0.5) is 8.78 Å². The molecular weight excluding hydrogens is 472 g/mol. The molecular formula is C26H33F2N3O5. The van der Waals surface area contributed by atoms with Crippen molar-refractivity contribution in [2.75, 3.05) is 73.7 Å². The van der Waals surface area contributed by atoms with E-state index in [1.807, 2.05) is 4.90 Å². The minimum Gasteiger partial charge on any atom is -0.493 e. The molecule has 36 heavy (non-hydrogen) atoms. The summed E-state index contributed by atoms with van der Waals surface area (Å²) in [6.07, 6.45) is -0.0345. The van der Waals surface area contributed by atoms with E-state index >= 15 is 0 Å². The highest BCUT2D eigenvalue weighted by Gasteiger charge is 2.28. The van der Waals surface area contributed by atoms with Crippen molar-refractivity contribution >= 4 is 5.91 Å².